The quantitative estimate of drug-likeness (QED) is 0.531. The standard InChI is InChI=1S/C23H24ClFN2O3/c1-16-14-26(15-17-3-8-20(25)9-4-17)11-12-27(16)22(28)10-6-18-5-7-19(24)13-21(18)23(29)30-2/h3-10,13,16H,11-12,14-15H2,1-2H3. The van der Waals surface area contributed by atoms with Crippen molar-refractivity contribution >= 4 is 29.6 Å². The Hall–Kier alpha value is -2.70. The number of piperazine rings is 1. The predicted molar refractivity (Wildman–Crippen MR) is 115 cm³/mol. The van der Waals surface area contributed by atoms with Crippen LogP contribution in [0.15, 0.2) is 48.5 Å². The average Bonchev–Trinajstić information content (AvgIpc) is 2.73. The normalized spacial score (nSPS) is 17.3. The number of nitrogens with zero attached hydrogens (tertiary/aromatic N) is 2. The molecule has 1 unspecified atom stereocenters. The molecule has 2 aromatic carbocycles. The number of carbonyl (C=O) groups is 2. The molecule has 0 saturated carbocycles. The lowest BCUT2D eigenvalue weighted by Crippen LogP contribution is -2.53. The largest absolute Gasteiger partial charge is 0.465 e. The first-order valence-electron chi connectivity index (χ1n) is 9.70. The van der Waals surface area contributed by atoms with E-state index in [-0.39, 0.29) is 17.8 Å². The van der Waals surface area contributed by atoms with Gasteiger partial charge in [-0.25, -0.2) is 9.18 Å². The van der Waals surface area contributed by atoms with E-state index < -0.39 is 5.97 Å². The highest BCUT2D eigenvalue weighted by Gasteiger charge is 2.26. The second-order valence-corrected chi connectivity index (χ2v) is 7.74. The average molecular weight is 431 g/mol. The molecular weight excluding hydrogens is 407 g/mol. The van der Waals surface area contributed by atoms with Crippen LogP contribution in [0.3, 0.4) is 0 Å². The smallest absolute Gasteiger partial charge is 0.338 e. The molecule has 1 aliphatic rings. The van der Waals surface area contributed by atoms with Gasteiger partial charge >= 0.3 is 5.97 Å². The van der Waals surface area contributed by atoms with Gasteiger partial charge in [0.2, 0.25) is 5.91 Å². The Labute approximate surface area is 180 Å². The monoisotopic (exact) mass is 430 g/mol. The molecule has 0 spiro atoms. The molecule has 1 amide bonds. The van der Waals surface area contributed by atoms with Gasteiger partial charge in [0.15, 0.2) is 0 Å². The van der Waals surface area contributed by atoms with Crippen molar-refractivity contribution in [2.24, 2.45) is 0 Å². The van der Waals surface area contributed by atoms with Crippen LogP contribution in [0.1, 0.15) is 28.4 Å². The summed E-state index contributed by atoms with van der Waals surface area (Å²) in [5, 5.41) is 0.421. The van der Waals surface area contributed by atoms with Crippen molar-refractivity contribution in [1.82, 2.24) is 9.80 Å². The fraction of sp³-hybridized carbons (Fsp3) is 0.304. The maximum absolute atomic E-state index is 13.1. The molecule has 1 saturated heterocycles. The Morgan fingerprint density at radius 2 is 1.93 bits per heavy atom. The van der Waals surface area contributed by atoms with Gasteiger partial charge < -0.3 is 9.64 Å². The third kappa shape index (κ3) is 5.46. The molecule has 30 heavy (non-hydrogen) atoms. The second kappa shape index (κ2) is 9.87. The lowest BCUT2D eigenvalue weighted by atomic mass is 10.1. The number of hydrogen-bond acceptors (Lipinski definition) is 4. The van der Waals surface area contributed by atoms with Gasteiger partial charge in [0.05, 0.1) is 12.7 Å². The second-order valence-electron chi connectivity index (χ2n) is 7.30. The Morgan fingerprint density at radius 1 is 1.20 bits per heavy atom. The van der Waals surface area contributed by atoms with Gasteiger partial charge in [-0.05, 0) is 48.4 Å². The number of rotatable bonds is 5. The summed E-state index contributed by atoms with van der Waals surface area (Å²) in [5.41, 5.74) is 1.93. The minimum atomic E-state index is -0.507. The van der Waals surface area contributed by atoms with Crippen LogP contribution in [0.5, 0.6) is 0 Å². The Balaban J connectivity index is 1.63. The van der Waals surface area contributed by atoms with E-state index in [2.05, 4.69) is 4.90 Å². The van der Waals surface area contributed by atoms with E-state index in [1.165, 1.54) is 31.4 Å². The van der Waals surface area contributed by atoms with Crippen LogP contribution in [0.4, 0.5) is 4.39 Å². The first kappa shape index (κ1) is 22.0. The molecule has 0 aliphatic carbocycles. The third-order valence-corrected chi connectivity index (χ3v) is 5.38. The molecule has 0 N–H and O–H groups in total. The number of ether oxygens (including phenoxy) is 1. The number of carbonyl (C=O) groups excluding carboxylic acids is 2. The molecule has 158 valence electrons. The van der Waals surface area contributed by atoms with Crippen molar-refractivity contribution in [3.63, 3.8) is 0 Å². The van der Waals surface area contributed by atoms with Crippen LogP contribution in [0.2, 0.25) is 5.02 Å². The van der Waals surface area contributed by atoms with Crippen LogP contribution < -0.4 is 0 Å². The van der Waals surface area contributed by atoms with Gasteiger partial charge in [0.1, 0.15) is 5.82 Å². The van der Waals surface area contributed by atoms with Crippen LogP contribution in [0.25, 0.3) is 6.08 Å². The predicted octanol–water partition coefficient (Wildman–Crippen LogP) is 4.01. The molecule has 5 nitrogen and oxygen atoms in total. The summed E-state index contributed by atoms with van der Waals surface area (Å²) in [5.74, 6) is -0.868. The molecule has 2 aromatic rings. The van der Waals surface area contributed by atoms with Crippen molar-refractivity contribution in [2.45, 2.75) is 19.5 Å². The lowest BCUT2D eigenvalue weighted by Gasteiger charge is -2.39. The summed E-state index contributed by atoms with van der Waals surface area (Å²) < 4.78 is 17.9. The van der Waals surface area contributed by atoms with Crippen molar-refractivity contribution < 1.29 is 18.7 Å². The Morgan fingerprint density at radius 3 is 2.60 bits per heavy atom. The Bertz CT molecular complexity index is 946. The van der Waals surface area contributed by atoms with Gasteiger partial charge in [0, 0.05) is 43.3 Å². The van der Waals surface area contributed by atoms with Crippen LogP contribution in [-0.2, 0) is 16.1 Å². The molecule has 1 heterocycles. The van der Waals surface area contributed by atoms with E-state index in [0.717, 1.165) is 25.2 Å². The van der Waals surface area contributed by atoms with E-state index in [1.807, 2.05) is 11.8 Å². The summed E-state index contributed by atoms with van der Waals surface area (Å²) >= 11 is 5.97. The first-order chi connectivity index (χ1) is 14.4. The SMILES string of the molecule is COC(=O)c1cc(Cl)ccc1C=CC(=O)N1CCN(Cc2ccc(F)cc2)CC1C. The van der Waals surface area contributed by atoms with Gasteiger partial charge in [-0.1, -0.05) is 29.8 Å². The number of esters is 1. The Kier molecular flexibility index (Phi) is 7.24. The highest BCUT2D eigenvalue weighted by atomic mass is 35.5. The summed E-state index contributed by atoms with van der Waals surface area (Å²) in [6.07, 6.45) is 3.09. The number of amides is 1. The van der Waals surface area contributed by atoms with Crippen LogP contribution in [0, 0.1) is 5.82 Å². The zero-order chi connectivity index (χ0) is 21.7. The lowest BCUT2D eigenvalue weighted by molar-refractivity contribution is -0.130. The summed E-state index contributed by atoms with van der Waals surface area (Å²) in [6.45, 7) is 4.78. The van der Waals surface area contributed by atoms with Crippen molar-refractivity contribution in [2.75, 3.05) is 26.7 Å². The number of halogens is 2. The highest BCUT2D eigenvalue weighted by Crippen LogP contribution is 2.19. The van der Waals surface area contributed by atoms with Gasteiger partial charge in [-0.15, -0.1) is 0 Å². The third-order valence-electron chi connectivity index (χ3n) is 5.14. The molecule has 0 bridgehead atoms. The maximum atomic E-state index is 13.1. The topological polar surface area (TPSA) is 49.9 Å². The fourth-order valence-corrected chi connectivity index (χ4v) is 3.74. The van der Waals surface area contributed by atoms with E-state index in [4.69, 9.17) is 16.3 Å². The molecule has 0 radical (unpaired) electrons. The number of benzene rings is 2. The highest BCUT2D eigenvalue weighted by molar-refractivity contribution is 6.31. The number of hydrogen-bond donors (Lipinski definition) is 0. The van der Waals surface area contributed by atoms with Gasteiger partial charge in [0.25, 0.3) is 0 Å². The van der Waals surface area contributed by atoms with Crippen LogP contribution >= 0.6 is 11.6 Å². The number of methoxy groups -OCH3 is 1. The van der Waals surface area contributed by atoms with Crippen molar-refractivity contribution in [1.29, 1.82) is 0 Å². The molecule has 1 fully saturated rings. The van der Waals surface area contributed by atoms with E-state index in [0.29, 0.717) is 22.7 Å². The van der Waals surface area contributed by atoms with E-state index >= 15 is 0 Å². The summed E-state index contributed by atoms with van der Waals surface area (Å²) in [7, 11) is 1.30. The fourth-order valence-electron chi connectivity index (χ4n) is 3.57. The zero-order valence-corrected chi connectivity index (χ0v) is 17.7. The molecular formula is C23H24ClFN2O3. The minimum Gasteiger partial charge on any atom is -0.465 e. The zero-order valence-electron chi connectivity index (χ0n) is 17.0. The van der Waals surface area contributed by atoms with E-state index in [9.17, 15) is 14.0 Å². The van der Waals surface area contributed by atoms with Gasteiger partial charge in [-0.3, -0.25) is 9.69 Å². The summed E-state index contributed by atoms with van der Waals surface area (Å²) in [4.78, 5) is 28.8. The first-order valence-corrected chi connectivity index (χ1v) is 10.1. The maximum Gasteiger partial charge on any atom is 0.338 e. The van der Waals surface area contributed by atoms with Crippen LogP contribution in [-0.4, -0.2) is 54.5 Å². The molecule has 0 aromatic heterocycles. The molecule has 1 atom stereocenters. The minimum absolute atomic E-state index is 0.0293. The molecule has 7 heteroatoms. The molecule has 1 aliphatic heterocycles. The van der Waals surface area contributed by atoms with Gasteiger partial charge in [-0.2, -0.15) is 0 Å². The molecule has 3 rings (SSSR count). The van der Waals surface area contributed by atoms with Crippen molar-refractivity contribution in [3.05, 3.63) is 76.1 Å². The van der Waals surface area contributed by atoms with Crippen molar-refractivity contribution in [3.8, 4) is 0 Å². The summed E-state index contributed by atoms with van der Waals surface area (Å²) in [6, 6.07) is 11.4. The van der Waals surface area contributed by atoms with E-state index in [1.54, 1.807) is 30.3 Å².